The number of hydrogen-bond donors (Lipinski definition) is 2. The summed E-state index contributed by atoms with van der Waals surface area (Å²) >= 11 is 8.46. The number of nitrogens with zero attached hydrogens (tertiary/aromatic N) is 1. The molecule has 7 heteroatoms. The molecule has 0 aliphatic carbocycles. The molecule has 0 saturated carbocycles. The number of hydrogen-bond acceptors (Lipinski definition) is 4. The average molecular weight is 358 g/mol. The van der Waals surface area contributed by atoms with Crippen LogP contribution in [0.3, 0.4) is 0 Å². The lowest BCUT2D eigenvalue weighted by Crippen LogP contribution is -2.36. The number of methoxy groups -OCH3 is 1. The molecule has 1 amide bonds. The van der Waals surface area contributed by atoms with Crippen LogP contribution in [0.25, 0.3) is 0 Å². The molecule has 108 valence electrons. The van der Waals surface area contributed by atoms with Crippen LogP contribution in [-0.2, 0) is 4.74 Å². The fraction of sp³-hybridized carbons (Fsp3) is 0.385. The van der Waals surface area contributed by atoms with Crippen LogP contribution in [-0.4, -0.2) is 37.3 Å². The minimum absolute atomic E-state index is 0.108. The van der Waals surface area contributed by atoms with Gasteiger partial charge in [-0.2, -0.15) is 0 Å². The van der Waals surface area contributed by atoms with E-state index in [0.717, 1.165) is 35.2 Å². The van der Waals surface area contributed by atoms with Gasteiger partial charge in [0.15, 0.2) is 0 Å². The third kappa shape index (κ3) is 3.40. The molecular formula is C13H16BrN3O2S. The highest BCUT2D eigenvalue weighted by Gasteiger charge is 2.24. The molecule has 2 rings (SSSR count). The van der Waals surface area contributed by atoms with Crippen LogP contribution >= 0.6 is 28.1 Å². The van der Waals surface area contributed by atoms with Crippen LogP contribution < -0.4 is 16.0 Å². The van der Waals surface area contributed by atoms with Crippen molar-refractivity contribution in [1.29, 1.82) is 0 Å². The number of carbonyl (C=O) groups excluding carboxylic acids is 1. The maximum Gasteiger partial charge on any atom is 0.407 e. The first-order chi connectivity index (χ1) is 9.51. The zero-order valence-electron chi connectivity index (χ0n) is 11.1. The Morgan fingerprint density at radius 1 is 1.60 bits per heavy atom. The number of ether oxygens (including phenoxy) is 1. The van der Waals surface area contributed by atoms with Crippen molar-refractivity contribution < 1.29 is 9.53 Å². The van der Waals surface area contributed by atoms with E-state index >= 15 is 0 Å². The summed E-state index contributed by atoms with van der Waals surface area (Å²) in [5.74, 6) is 0. The predicted molar refractivity (Wildman–Crippen MR) is 86.2 cm³/mol. The lowest BCUT2D eigenvalue weighted by Gasteiger charge is -2.20. The van der Waals surface area contributed by atoms with E-state index in [4.69, 9.17) is 18.0 Å². The summed E-state index contributed by atoms with van der Waals surface area (Å²) in [6, 6.07) is 5.99. The smallest absolute Gasteiger partial charge is 0.407 e. The van der Waals surface area contributed by atoms with Gasteiger partial charge in [0.2, 0.25) is 0 Å². The molecule has 1 heterocycles. The van der Waals surface area contributed by atoms with Crippen LogP contribution in [0, 0.1) is 0 Å². The number of alkyl carbamates (subject to hydrolysis) is 1. The summed E-state index contributed by atoms with van der Waals surface area (Å²) in [5, 5.41) is 2.82. The maximum atomic E-state index is 11.2. The third-order valence-electron chi connectivity index (χ3n) is 3.28. The molecule has 1 fully saturated rings. The number of nitrogens with one attached hydrogen (secondary N) is 1. The first-order valence-corrected chi connectivity index (χ1v) is 7.40. The van der Waals surface area contributed by atoms with Gasteiger partial charge < -0.3 is 20.7 Å². The summed E-state index contributed by atoms with van der Waals surface area (Å²) in [6.07, 6.45) is 0.505. The Labute approximate surface area is 131 Å². The molecule has 3 N–H and O–H groups in total. The van der Waals surface area contributed by atoms with E-state index in [1.165, 1.54) is 7.11 Å². The molecule has 0 aromatic heterocycles. The largest absolute Gasteiger partial charge is 0.453 e. The molecule has 0 radical (unpaired) electrons. The zero-order valence-corrected chi connectivity index (χ0v) is 13.5. The second-order valence-corrected chi connectivity index (χ2v) is 5.89. The van der Waals surface area contributed by atoms with Crippen LogP contribution in [0.5, 0.6) is 0 Å². The fourth-order valence-corrected chi connectivity index (χ4v) is 3.13. The van der Waals surface area contributed by atoms with Crippen LogP contribution in [0.4, 0.5) is 10.5 Å². The first kappa shape index (κ1) is 15.1. The standard InChI is InChI=1S/C13H16BrN3O2S/c1-19-13(18)16-8-4-5-17(7-8)9-2-3-10(12(15)20)11(14)6-9/h2-3,6,8H,4-5,7H2,1H3,(H2,15,20)(H,16,18). The quantitative estimate of drug-likeness (QED) is 0.810. The summed E-state index contributed by atoms with van der Waals surface area (Å²) < 4.78 is 5.49. The van der Waals surface area contributed by atoms with E-state index in [1.54, 1.807) is 0 Å². The van der Waals surface area contributed by atoms with Gasteiger partial charge in [0.05, 0.1) is 13.2 Å². The van der Waals surface area contributed by atoms with Crippen molar-refractivity contribution in [3.8, 4) is 0 Å². The van der Waals surface area contributed by atoms with Crippen LogP contribution in [0.2, 0.25) is 0 Å². The summed E-state index contributed by atoms with van der Waals surface area (Å²) in [6.45, 7) is 1.64. The molecule has 0 spiro atoms. The maximum absolute atomic E-state index is 11.2. The Morgan fingerprint density at radius 2 is 2.35 bits per heavy atom. The molecule has 1 atom stereocenters. The number of carbonyl (C=O) groups is 1. The SMILES string of the molecule is COC(=O)NC1CCN(c2ccc(C(N)=S)c(Br)c2)C1. The molecule has 1 aromatic rings. The number of halogens is 1. The molecule has 1 aliphatic heterocycles. The summed E-state index contributed by atoms with van der Waals surface area (Å²) in [7, 11) is 1.37. The lowest BCUT2D eigenvalue weighted by atomic mass is 10.2. The summed E-state index contributed by atoms with van der Waals surface area (Å²) in [4.78, 5) is 13.8. The Morgan fingerprint density at radius 3 is 2.95 bits per heavy atom. The van der Waals surface area contributed by atoms with Crippen LogP contribution in [0.15, 0.2) is 22.7 Å². The topological polar surface area (TPSA) is 67.6 Å². The van der Waals surface area contributed by atoms with Gasteiger partial charge in [0, 0.05) is 28.8 Å². The number of thiocarbonyl (C=S) groups is 1. The van der Waals surface area contributed by atoms with Crippen molar-refractivity contribution in [3.05, 3.63) is 28.2 Å². The molecule has 1 aliphatic rings. The van der Waals surface area contributed by atoms with Crippen molar-refractivity contribution in [1.82, 2.24) is 5.32 Å². The van der Waals surface area contributed by atoms with Gasteiger partial charge >= 0.3 is 6.09 Å². The second kappa shape index (κ2) is 6.41. The van der Waals surface area contributed by atoms with Gasteiger partial charge in [-0.3, -0.25) is 0 Å². The highest BCUT2D eigenvalue weighted by Crippen LogP contribution is 2.26. The lowest BCUT2D eigenvalue weighted by molar-refractivity contribution is 0.167. The molecule has 20 heavy (non-hydrogen) atoms. The van der Waals surface area contributed by atoms with Crippen molar-refractivity contribution in [2.45, 2.75) is 12.5 Å². The van der Waals surface area contributed by atoms with Crippen molar-refractivity contribution in [2.24, 2.45) is 5.73 Å². The molecule has 0 bridgehead atoms. The minimum atomic E-state index is -0.387. The van der Waals surface area contributed by atoms with E-state index in [2.05, 4.69) is 30.9 Å². The Bertz CT molecular complexity index is 538. The van der Waals surface area contributed by atoms with Gasteiger partial charge in [-0.25, -0.2) is 4.79 Å². The Balaban J connectivity index is 2.05. The number of benzene rings is 1. The van der Waals surface area contributed by atoms with E-state index in [9.17, 15) is 4.79 Å². The molecule has 1 unspecified atom stereocenters. The number of rotatable bonds is 3. The first-order valence-electron chi connectivity index (χ1n) is 6.20. The van der Waals surface area contributed by atoms with Gasteiger partial charge in [-0.05, 0) is 40.5 Å². The minimum Gasteiger partial charge on any atom is -0.453 e. The third-order valence-corrected chi connectivity index (χ3v) is 4.15. The van der Waals surface area contributed by atoms with E-state index in [0.29, 0.717) is 4.99 Å². The van der Waals surface area contributed by atoms with Crippen LogP contribution in [0.1, 0.15) is 12.0 Å². The Hall–Kier alpha value is -1.34. The highest BCUT2D eigenvalue weighted by molar-refractivity contribution is 9.10. The van der Waals surface area contributed by atoms with E-state index in [1.807, 2.05) is 18.2 Å². The number of nitrogens with two attached hydrogens (primary N) is 1. The predicted octanol–water partition coefficient (Wildman–Crippen LogP) is 2.02. The average Bonchev–Trinajstić information content (AvgIpc) is 2.86. The fourth-order valence-electron chi connectivity index (χ4n) is 2.24. The second-order valence-electron chi connectivity index (χ2n) is 4.60. The molecular weight excluding hydrogens is 342 g/mol. The highest BCUT2D eigenvalue weighted by atomic mass is 79.9. The molecule has 5 nitrogen and oxygen atoms in total. The van der Waals surface area contributed by atoms with Crippen molar-refractivity contribution in [2.75, 3.05) is 25.1 Å². The molecule has 1 aromatic carbocycles. The zero-order chi connectivity index (χ0) is 14.7. The van der Waals surface area contributed by atoms with Gasteiger partial charge in [-0.1, -0.05) is 12.2 Å². The van der Waals surface area contributed by atoms with Gasteiger partial charge in [-0.15, -0.1) is 0 Å². The van der Waals surface area contributed by atoms with Crippen molar-refractivity contribution in [3.63, 3.8) is 0 Å². The van der Waals surface area contributed by atoms with Gasteiger partial charge in [0.1, 0.15) is 4.99 Å². The summed E-state index contributed by atoms with van der Waals surface area (Å²) in [5.41, 5.74) is 7.54. The Kier molecular flexibility index (Phi) is 4.82. The van der Waals surface area contributed by atoms with Gasteiger partial charge in [0.25, 0.3) is 0 Å². The monoisotopic (exact) mass is 357 g/mol. The number of anilines is 1. The van der Waals surface area contributed by atoms with E-state index in [-0.39, 0.29) is 12.1 Å². The normalized spacial score (nSPS) is 17.9. The molecule has 1 saturated heterocycles. The van der Waals surface area contributed by atoms with E-state index < -0.39 is 0 Å². The van der Waals surface area contributed by atoms with Crippen molar-refractivity contribution >= 4 is 44.9 Å². The number of amides is 1.